The summed E-state index contributed by atoms with van der Waals surface area (Å²) in [5.41, 5.74) is 0. The molecule has 5 heteroatoms. The number of nitrogens with zero attached hydrogens (tertiary/aromatic N) is 4. The Bertz CT molecular complexity index is 24.1. The molecule has 0 heterocycles. The fourth-order valence-corrected chi connectivity index (χ4v) is 0. The normalized spacial score (nSPS) is 5.54. The van der Waals surface area contributed by atoms with Gasteiger partial charge in [-0.05, 0) is 0 Å². The molecule has 0 fully saturated rings. The van der Waals surface area contributed by atoms with E-state index in [2.05, 4.69) is 21.3 Å². The zero-order valence-corrected chi connectivity index (χ0v) is 11.5. The molecule has 80 valence electrons. The molecule has 0 aromatic rings. The Labute approximate surface area is 95.4 Å². The van der Waals surface area contributed by atoms with E-state index in [1.165, 1.54) is 0 Å². The minimum absolute atomic E-state index is 0. The first kappa shape index (κ1) is 29.2. The maximum absolute atomic E-state index is 3.50. The van der Waals surface area contributed by atoms with E-state index >= 15 is 0 Å². The summed E-state index contributed by atoms with van der Waals surface area (Å²) in [6.07, 6.45) is 0. The van der Waals surface area contributed by atoms with Gasteiger partial charge in [0.25, 0.3) is 0 Å². The minimum Gasteiger partial charge on any atom is -0.668 e. The molecule has 0 aliphatic heterocycles. The Morgan fingerprint density at radius 3 is 0.385 bits per heavy atom. The van der Waals surface area contributed by atoms with Gasteiger partial charge in [-0.1, -0.05) is 0 Å². The monoisotopic (exact) mass is 203 g/mol. The van der Waals surface area contributed by atoms with Gasteiger partial charge in [0, 0.05) is 0 Å². The van der Waals surface area contributed by atoms with Gasteiger partial charge in [0.1, 0.15) is 0 Å². The van der Waals surface area contributed by atoms with Crippen molar-refractivity contribution in [1.29, 1.82) is 0 Å². The van der Waals surface area contributed by atoms with Crippen LogP contribution in [-0.4, -0.2) is 73.7 Å². The average molecular weight is 203 g/mol. The Balaban J connectivity index is -0.0000000213. The third-order valence-corrected chi connectivity index (χ3v) is 0. The van der Waals surface area contributed by atoms with Crippen LogP contribution in [0.2, 0.25) is 0 Å². The van der Waals surface area contributed by atoms with Crippen molar-refractivity contribution < 1.29 is 0 Å². The van der Waals surface area contributed by atoms with Crippen LogP contribution in [-0.2, 0) is 0 Å². The molecule has 0 aromatic carbocycles. The molecule has 0 aromatic heterocycles. The molecule has 13 heavy (non-hydrogen) atoms. The van der Waals surface area contributed by atoms with Crippen molar-refractivity contribution in [3.63, 3.8) is 0 Å². The van der Waals surface area contributed by atoms with Crippen LogP contribution in [0.25, 0.3) is 21.3 Å². The summed E-state index contributed by atoms with van der Waals surface area (Å²) in [4.78, 5) is 0. The predicted octanol–water partition coefficient (Wildman–Crippen LogP) is 2.10. The third-order valence-electron chi connectivity index (χ3n) is 0. The molecule has 0 bridgehead atoms. The van der Waals surface area contributed by atoms with Crippen molar-refractivity contribution in [1.82, 2.24) is 0 Å². The van der Waals surface area contributed by atoms with Gasteiger partial charge in [-0.3, -0.25) is 0 Å². The summed E-state index contributed by atoms with van der Waals surface area (Å²) < 4.78 is 0. The second-order valence-electron chi connectivity index (χ2n) is 1.79. The van der Waals surface area contributed by atoms with Crippen molar-refractivity contribution in [2.45, 2.75) is 0 Å². The molecular weight excluding hydrogens is 179 g/mol. The zero-order chi connectivity index (χ0) is 10.8. The third kappa shape index (κ3) is 9590. The number of hydrogen-bond donors (Lipinski definition) is 0. The Hall–Kier alpha value is 0.372. The van der Waals surface area contributed by atoms with Crippen molar-refractivity contribution in [3.05, 3.63) is 21.3 Å². The molecule has 0 N–H and O–H groups in total. The Morgan fingerprint density at radius 2 is 0.385 bits per heavy atom. The fourth-order valence-electron chi connectivity index (χ4n) is 0. The van der Waals surface area contributed by atoms with Crippen molar-refractivity contribution in [2.75, 3.05) is 56.4 Å². The van der Waals surface area contributed by atoms with E-state index in [9.17, 15) is 0 Å². The first-order chi connectivity index (χ1) is 5.66. The SMILES string of the molecule is C[N-]C.C[N-]C.C[N-]C.C[N-]C.[Al+3]. The molecule has 0 rings (SSSR count). The van der Waals surface area contributed by atoms with E-state index in [0.29, 0.717) is 0 Å². The van der Waals surface area contributed by atoms with Crippen LogP contribution in [0.5, 0.6) is 0 Å². The minimum atomic E-state index is 0. The maximum Gasteiger partial charge on any atom is 3.00 e. The summed E-state index contributed by atoms with van der Waals surface area (Å²) >= 11 is 0. The summed E-state index contributed by atoms with van der Waals surface area (Å²) in [6.45, 7) is 0. The molecule has 0 aliphatic carbocycles. The van der Waals surface area contributed by atoms with Crippen LogP contribution in [0.15, 0.2) is 0 Å². The molecule has 0 saturated carbocycles. The van der Waals surface area contributed by atoms with Gasteiger partial charge in [-0.2, -0.15) is 56.4 Å². The van der Waals surface area contributed by atoms with E-state index in [1.807, 2.05) is 0 Å². The molecule has 0 spiro atoms. The second-order valence-corrected chi connectivity index (χ2v) is 1.79. The zero-order valence-electron chi connectivity index (χ0n) is 10.4. The van der Waals surface area contributed by atoms with E-state index in [-0.39, 0.29) is 17.4 Å². The van der Waals surface area contributed by atoms with Crippen LogP contribution >= 0.6 is 0 Å². The molecule has 0 unspecified atom stereocenters. The predicted molar refractivity (Wildman–Crippen MR) is 66.6 cm³/mol. The number of hydrogen-bond acceptors (Lipinski definition) is 0. The van der Waals surface area contributed by atoms with Crippen molar-refractivity contribution >= 4 is 17.4 Å². The van der Waals surface area contributed by atoms with E-state index < -0.39 is 0 Å². The summed E-state index contributed by atoms with van der Waals surface area (Å²) in [5, 5.41) is 14.0. The van der Waals surface area contributed by atoms with Crippen molar-refractivity contribution in [2.24, 2.45) is 0 Å². The van der Waals surface area contributed by atoms with Gasteiger partial charge in [-0.25, -0.2) is 0 Å². The topological polar surface area (TPSA) is 56.4 Å². The Morgan fingerprint density at radius 1 is 0.385 bits per heavy atom. The van der Waals surface area contributed by atoms with Crippen LogP contribution < -0.4 is 0 Å². The quantitative estimate of drug-likeness (QED) is 0.541. The maximum atomic E-state index is 3.50. The van der Waals surface area contributed by atoms with Gasteiger partial charge < -0.3 is 21.3 Å². The average Bonchev–Trinajstić information content (AvgIpc) is 1.92. The van der Waals surface area contributed by atoms with E-state index in [0.717, 1.165) is 0 Å². The molecule has 0 aliphatic rings. The fraction of sp³-hybridized carbons (Fsp3) is 1.00. The molecular formula is C8H24AlN4-. The van der Waals surface area contributed by atoms with Gasteiger partial charge in [-0.15, -0.1) is 0 Å². The molecule has 4 nitrogen and oxygen atoms in total. The van der Waals surface area contributed by atoms with E-state index in [4.69, 9.17) is 0 Å². The molecule has 0 atom stereocenters. The molecule has 0 amide bonds. The largest absolute Gasteiger partial charge is 3.00 e. The van der Waals surface area contributed by atoms with E-state index in [1.54, 1.807) is 56.4 Å². The standard InChI is InChI=1S/4C2H6N.Al/c4*1-3-2;/h4*1-2H3;/q4*-1;+3. The summed E-state index contributed by atoms with van der Waals surface area (Å²) in [6, 6.07) is 0. The van der Waals surface area contributed by atoms with Gasteiger partial charge >= 0.3 is 17.4 Å². The van der Waals surface area contributed by atoms with Crippen LogP contribution in [0.4, 0.5) is 0 Å². The van der Waals surface area contributed by atoms with Crippen molar-refractivity contribution in [3.8, 4) is 0 Å². The molecule has 0 radical (unpaired) electrons. The van der Waals surface area contributed by atoms with Crippen LogP contribution in [0, 0.1) is 0 Å². The van der Waals surface area contributed by atoms with Gasteiger partial charge in [0.15, 0.2) is 0 Å². The first-order valence-electron chi connectivity index (χ1n) is 3.58. The second kappa shape index (κ2) is 83.7. The van der Waals surface area contributed by atoms with Crippen LogP contribution in [0.3, 0.4) is 0 Å². The molecule has 0 saturated heterocycles. The smallest absolute Gasteiger partial charge is 0.668 e. The summed E-state index contributed by atoms with van der Waals surface area (Å²) in [5.74, 6) is 0. The van der Waals surface area contributed by atoms with Crippen LogP contribution in [0.1, 0.15) is 0 Å². The first-order valence-corrected chi connectivity index (χ1v) is 3.58. The summed E-state index contributed by atoms with van der Waals surface area (Å²) in [7, 11) is 14.0. The number of rotatable bonds is 0. The van der Waals surface area contributed by atoms with Gasteiger partial charge in [0.2, 0.25) is 0 Å². The Kier molecular flexibility index (Phi) is 188. The van der Waals surface area contributed by atoms with Gasteiger partial charge in [0.05, 0.1) is 0 Å².